The van der Waals surface area contributed by atoms with Gasteiger partial charge in [-0.05, 0) is 48.7 Å². The Labute approximate surface area is 170 Å². The van der Waals surface area contributed by atoms with Crippen molar-refractivity contribution >= 4 is 17.9 Å². The minimum Gasteiger partial charge on any atom is -0.487 e. The summed E-state index contributed by atoms with van der Waals surface area (Å²) in [5, 5.41) is 0. The molecule has 1 aliphatic heterocycles. The van der Waals surface area contributed by atoms with Gasteiger partial charge in [-0.25, -0.2) is 0 Å². The molecule has 0 spiro atoms. The number of carbonyl (C=O) groups is 2. The van der Waals surface area contributed by atoms with E-state index in [1.54, 1.807) is 17.2 Å². The normalized spacial score (nSPS) is 16.8. The lowest BCUT2D eigenvalue weighted by molar-refractivity contribution is -0.138. The van der Waals surface area contributed by atoms with Crippen molar-refractivity contribution < 1.29 is 14.3 Å². The summed E-state index contributed by atoms with van der Waals surface area (Å²) in [6.07, 6.45) is 7.20. The lowest BCUT2D eigenvalue weighted by Gasteiger charge is -2.34. The van der Waals surface area contributed by atoms with E-state index in [9.17, 15) is 9.59 Å². The average molecular weight is 391 g/mol. The fourth-order valence-electron chi connectivity index (χ4n) is 3.32. The molecule has 2 heterocycles. The molecule has 2 aliphatic rings. The summed E-state index contributed by atoms with van der Waals surface area (Å²) in [7, 11) is 0. The molecule has 2 fully saturated rings. The lowest BCUT2D eigenvalue weighted by atomic mass is 10.2. The third kappa shape index (κ3) is 5.22. The summed E-state index contributed by atoms with van der Waals surface area (Å²) >= 11 is 0. The van der Waals surface area contributed by atoms with Crippen LogP contribution in [0, 0.1) is 5.92 Å². The molecule has 29 heavy (non-hydrogen) atoms. The predicted octanol–water partition coefficient (Wildman–Crippen LogP) is 2.75. The van der Waals surface area contributed by atoms with Crippen LogP contribution < -0.4 is 4.74 Å². The van der Waals surface area contributed by atoms with Crippen LogP contribution in [-0.4, -0.2) is 52.8 Å². The Balaban J connectivity index is 1.24. The lowest BCUT2D eigenvalue weighted by Crippen LogP contribution is -2.50. The van der Waals surface area contributed by atoms with Gasteiger partial charge in [-0.2, -0.15) is 0 Å². The molecule has 1 aromatic carbocycles. The van der Waals surface area contributed by atoms with Crippen LogP contribution >= 0.6 is 0 Å². The first-order chi connectivity index (χ1) is 14.2. The Morgan fingerprint density at radius 1 is 1.00 bits per heavy atom. The van der Waals surface area contributed by atoms with Gasteiger partial charge in [0, 0.05) is 44.4 Å². The number of hydrogen-bond acceptors (Lipinski definition) is 4. The van der Waals surface area contributed by atoms with Gasteiger partial charge in [0.05, 0.1) is 5.69 Å². The molecule has 1 saturated carbocycles. The molecule has 6 nitrogen and oxygen atoms in total. The SMILES string of the molecule is O=C(C=Cc1ccc(OCc2ccccn2)cc1)N1CCN(C(=O)C2CC2)CC1. The second kappa shape index (κ2) is 8.90. The minimum atomic E-state index is -0.0148. The van der Waals surface area contributed by atoms with Gasteiger partial charge in [0.1, 0.15) is 12.4 Å². The summed E-state index contributed by atoms with van der Waals surface area (Å²) in [6, 6.07) is 13.3. The van der Waals surface area contributed by atoms with Crippen molar-refractivity contribution in [3.05, 3.63) is 66.0 Å². The third-order valence-electron chi connectivity index (χ3n) is 5.24. The van der Waals surface area contributed by atoms with Crippen LogP contribution in [0.15, 0.2) is 54.7 Å². The predicted molar refractivity (Wildman–Crippen MR) is 110 cm³/mol. The molecule has 2 aromatic rings. The number of rotatable bonds is 6. The Morgan fingerprint density at radius 2 is 1.72 bits per heavy atom. The van der Waals surface area contributed by atoms with Crippen molar-refractivity contribution in [2.45, 2.75) is 19.4 Å². The maximum absolute atomic E-state index is 12.4. The molecule has 0 bridgehead atoms. The summed E-state index contributed by atoms with van der Waals surface area (Å²) in [4.78, 5) is 32.5. The third-order valence-corrected chi connectivity index (χ3v) is 5.24. The molecule has 1 aliphatic carbocycles. The van der Waals surface area contributed by atoms with Gasteiger partial charge in [-0.1, -0.05) is 18.2 Å². The van der Waals surface area contributed by atoms with Crippen molar-refractivity contribution in [1.82, 2.24) is 14.8 Å². The number of aromatic nitrogens is 1. The van der Waals surface area contributed by atoms with Crippen LogP contribution in [0.2, 0.25) is 0 Å². The second-order valence-corrected chi connectivity index (χ2v) is 7.44. The summed E-state index contributed by atoms with van der Waals surface area (Å²) in [5.74, 6) is 1.25. The molecular formula is C23H25N3O3. The van der Waals surface area contributed by atoms with Crippen LogP contribution in [0.4, 0.5) is 0 Å². The largest absolute Gasteiger partial charge is 0.487 e. The van der Waals surface area contributed by atoms with Gasteiger partial charge in [0.2, 0.25) is 11.8 Å². The van der Waals surface area contributed by atoms with E-state index in [2.05, 4.69) is 4.98 Å². The highest BCUT2D eigenvalue weighted by molar-refractivity contribution is 5.92. The quantitative estimate of drug-likeness (QED) is 0.711. The monoisotopic (exact) mass is 391 g/mol. The molecule has 0 radical (unpaired) electrons. The first-order valence-corrected chi connectivity index (χ1v) is 10.1. The Hall–Kier alpha value is -3.15. The second-order valence-electron chi connectivity index (χ2n) is 7.44. The van der Waals surface area contributed by atoms with E-state index in [4.69, 9.17) is 4.74 Å². The van der Waals surface area contributed by atoms with Crippen LogP contribution in [-0.2, 0) is 16.2 Å². The van der Waals surface area contributed by atoms with Gasteiger partial charge in [-0.15, -0.1) is 0 Å². The minimum absolute atomic E-state index is 0.0148. The number of hydrogen-bond donors (Lipinski definition) is 0. The van der Waals surface area contributed by atoms with Gasteiger partial charge in [-0.3, -0.25) is 14.6 Å². The zero-order valence-electron chi connectivity index (χ0n) is 16.4. The number of benzene rings is 1. The highest BCUT2D eigenvalue weighted by Crippen LogP contribution is 2.31. The van der Waals surface area contributed by atoms with Crippen molar-refractivity contribution in [2.75, 3.05) is 26.2 Å². The smallest absolute Gasteiger partial charge is 0.246 e. The fourth-order valence-corrected chi connectivity index (χ4v) is 3.32. The van der Waals surface area contributed by atoms with Crippen LogP contribution in [0.3, 0.4) is 0 Å². The molecule has 0 N–H and O–H groups in total. The summed E-state index contributed by atoms with van der Waals surface area (Å²) < 4.78 is 5.72. The van der Waals surface area contributed by atoms with E-state index in [0.717, 1.165) is 29.8 Å². The van der Waals surface area contributed by atoms with E-state index < -0.39 is 0 Å². The molecule has 4 rings (SSSR count). The Bertz CT molecular complexity index is 868. The highest BCUT2D eigenvalue weighted by Gasteiger charge is 2.34. The average Bonchev–Trinajstić information content (AvgIpc) is 3.62. The molecule has 1 aromatic heterocycles. The van der Waals surface area contributed by atoms with Gasteiger partial charge < -0.3 is 14.5 Å². The maximum atomic E-state index is 12.4. The molecular weight excluding hydrogens is 366 g/mol. The van der Waals surface area contributed by atoms with E-state index in [1.165, 1.54) is 0 Å². The number of piperazine rings is 1. The van der Waals surface area contributed by atoms with Gasteiger partial charge in [0.15, 0.2) is 0 Å². The summed E-state index contributed by atoms with van der Waals surface area (Å²) in [6.45, 7) is 2.89. The number of ether oxygens (including phenoxy) is 1. The highest BCUT2D eigenvalue weighted by atomic mass is 16.5. The molecule has 2 amide bonds. The van der Waals surface area contributed by atoms with Crippen molar-refractivity contribution in [3.63, 3.8) is 0 Å². The Morgan fingerprint density at radius 3 is 2.38 bits per heavy atom. The van der Waals surface area contributed by atoms with Crippen molar-refractivity contribution in [1.29, 1.82) is 0 Å². The molecule has 0 unspecified atom stereocenters. The molecule has 1 saturated heterocycles. The maximum Gasteiger partial charge on any atom is 0.246 e. The van der Waals surface area contributed by atoms with Crippen molar-refractivity contribution in [3.8, 4) is 5.75 Å². The Kier molecular flexibility index (Phi) is 5.89. The van der Waals surface area contributed by atoms with Gasteiger partial charge >= 0.3 is 0 Å². The van der Waals surface area contributed by atoms with Crippen LogP contribution in [0.1, 0.15) is 24.1 Å². The number of carbonyl (C=O) groups excluding carboxylic acids is 2. The standard InChI is InChI=1S/C23H25N3O3/c27-22(25-13-15-26(16-14-25)23(28)19-7-8-19)11-6-18-4-9-21(10-5-18)29-17-20-3-1-2-12-24-20/h1-6,9-12,19H,7-8,13-17H2. The van der Waals surface area contributed by atoms with E-state index in [1.807, 2.05) is 53.4 Å². The number of amides is 2. The molecule has 0 atom stereocenters. The first-order valence-electron chi connectivity index (χ1n) is 10.1. The van der Waals surface area contributed by atoms with Crippen LogP contribution in [0.25, 0.3) is 6.08 Å². The zero-order valence-corrected chi connectivity index (χ0v) is 16.4. The van der Waals surface area contributed by atoms with Crippen molar-refractivity contribution in [2.24, 2.45) is 5.92 Å². The van der Waals surface area contributed by atoms with E-state index in [-0.39, 0.29) is 17.7 Å². The fraction of sp³-hybridized carbons (Fsp3) is 0.348. The summed E-state index contributed by atoms with van der Waals surface area (Å²) in [5.41, 5.74) is 1.81. The van der Waals surface area contributed by atoms with Gasteiger partial charge in [0.25, 0.3) is 0 Å². The van der Waals surface area contributed by atoms with E-state index >= 15 is 0 Å². The first kappa shape index (κ1) is 19.2. The molecule has 6 heteroatoms. The number of pyridine rings is 1. The zero-order chi connectivity index (χ0) is 20.1. The van der Waals surface area contributed by atoms with Crippen LogP contribution in [0.5, 0.6) is 5.75 Å². The topological polar surface area (TPSA) is 62.7 Å². The van der Waals surface area contributed by atoms with E-state index in [0.29, 0.717) is 32.8 Å². The molecule has 150 valence electrons. The number of nitrogens with zero attached hydrogens (tertiary/aromatic N) is 3.